The normalized spacial score (nSPS) is 25.9. The van der Waals surface area contributed by atoms with Gasteiger partial charge in [0.1, 0.15) is 0 Å². The van der Waals surface area contributed by atoms with Crippen molar-refractivity contribution in [1.29, 1.82) is 0 Å². The lowest BCUT2D eigenvalue weighted by molar-refractivity contribution is 0.394. The molecule has 1 fully saturated rings. The predicted octanol–water partition coefficient (Wildman–Crippen LogP) is 4.16. The van der Waals surface area contributed by atoms with E-state index >= 15 is 0 Å². The number of rotatable bonds is 4. The summed E-state index contributed by atoms with van der Waals surface area (Å²) in [5.41, 5.74) is 6.99. The van der Waals surface area contributed by atoms with Gasteiger partial charge in [-0.2, -0.15) is 0 Å². The second-order valence-corrected chi connectivity index (χ2v) is 6.82. The maximum atomic E-state index is 5.98. The molecule has 1 aliphatic carbocycles. The van der Waals surface area contributed by atoms with Gasteiger partial charge in [0.2, 0.25) is 0 Å². The van der Waals surface area contributed by atoms with Crippen molar-refractivity contribution in [2.24, 2.45) is 11.7 Å². The van der Waals surface area contributed by atoms with Gasteiger partial charge in [-0.3, -0.25) is 4.98 Å². The van der Waals surface area contributed by atoms with E-state index in [4.69, 9.17) is 5.73 Å². The Morgan fingerprint density at radius 2 is 2.28 bits per heavy atom. The molecule has 0 bridgehead atoms. The predicted molar refractivity (Wildman–Crippen MR) is 78.7 cm³/mol. The fourth-order valence-corrected chi connectivity index (χ4v) is 3.92. The Kier molecular flexibility index (Phi) is 5.07. The Morgan fingerprint density at radius 1 is 1.44 bits per heavy atom. The van der Waals surface area contributed by atoms with E-state index in [-0.39, 0.29) is 6.04 Å². The first-order chi connectivity index (χ1) is 8.69. The number of thioether (sulfide) groups is 1. The van der Waals surface area contributed by atoms with Crippen LogP contribution in [0.15, 0.2) is 23.2 Å². The third-order valence-electron chi connectivity index (χ3n) is 3.77. The van der Waals surface area contributed by atoms with E-state index in [1.54, 1.807) is 0 Å². The van der Waals surface area contributed by atoms with E-state index in [0.717, 1.165) is 23.3 Å². The molecule has 100 valence electrons. The molecule has 2 unspecified atom stereocenters. The van der Waals surface area contributed by atoms with Gasteiger partial charge in [0, 0.05) is 22.4 Å². The minimum absolute atomic E-state index is 0.0822. The first-order valence-corrected chi connectivity index (χ1v) is 7.95. The minimum Gasteiger partial charge on any atom is -0.323 e. The average Bonchev–Trinajstić information content (AvgIpc) is 2.39. The summed E-state index contributed by atoms with van der Waals surface area (Å²) in [5.74, 6) is 0.886. The lowest BCUT2D eigenvalue weighted by Crippen LogP contribution is -2.15. The van der Waals surface area contributed by atoms with Crippen molar-refractivity contribution >= 4 is 11.8 Å². The highest BCUT2D eigenvalue weighted by Crippen LogP contribution is 2.35. The number of hydrogen-bond donors (Lipinski definition) is 1. The summed E-state index contributed by atoms with van der Waals surface area (Å²) in [6.45, 7) is 4.47. The largest absolute Gasteiger partial charge is 0.323 e. The first-order valence-electron chi connectivity index (χ1n) is 7.07. The van der Waals surface area contributed by atoms with Crippen LogP contribution in [0, 0.1) is 5.92 Å². The molecule has 1 aromatic rings. The smallest absolute Gasteiger partial charge is 0.0571 e. The van der Waals surface area contributed by atoms with Crippen molar-refractivity contribution < 1.29 is 0 Å². The molecule has 1 aromatic heterocycles. The molecule has 2 rings (SSSR count). The number of nitrogens with two attached hydrogens (primary N) is 1. The Hall–Kier alpha value is -0.540. The maximum absolute atomic E-state index is 5.98. The molecule has 0 aliphatic heterocycles. The Labute approximate surface area is 115 Å². The summed E-state index contributed by atoms with van der Waals surface area (Å²) >= 11 is 1.99. The average molecular weight is 264 g/mol. The van der Waals surface area contributed by atoms with Gasteiger partial charge in [-0.15, -0.1) is 11.8 Å². The molecule has 3 atom stereocenters. The van der Waals surface area contributed by atoms with Crippen molar-refractivity contribution in [3.63, 3.8) is 0 Å². The summed E-state index contributed by atoms with van der Waals surface area (Å²) in [7, 11) is 0. The van der Waals surface area contributed by atoms with E-state index in [0.29, 0.717) is 0 Å². The third-order valence-corrected chi connectivity index (χ3v) is 5.05. The summed E-state index contributed by atoms with van der Waals surface area (Å²) in [6, 6.07) is 4.35. The minimum atomic E-state index is 0.0822. The van der Waals surface area contributed by atoms with Crippen LogP contribution in [0.5, 0.6) is 0 Å². The van der Waals surface area contributed by atoms with Gasteiger partial charge < -0.3 is 5.73 Å². The highest BCUT2D eigenvalue weighted by Gasteiger charge is 2.19. The van der Waals surface area contributed by atoms with Crippen molar-refractivity contribution in [2.75, 3.05) is 0 Å². The molecular weight excluding hydrogens is 240 g/mol. The molecule has 0 spiro atoms. The van der Waals surface area contributed by atoms with Gasteiger partial charge in [0.15, 0.2) is 0 Å². The van der Waals surface area contributed by atoms with Gasteiger partial charge in [-0.25, -0.2) is 0 Å². The summed E-state index contributed by atoms with van der Waals surface area (Å²) in [4.78, 5) is 5.78. The van der Waals surface area contributed by atoms with Crippen LogP contribution >= 0.6 is 11.8 Å². The van der Waals surface area contributed by atoms with Crippen molar-refractivity contribution in [1.82, 2.24) is 4.98 Å². The molecule has 1 heterocycles. The molecule has 0 aromatic carbocycles. The molecule has 0 radical (unpaired) electrons. The second kappa shape index (κ2) is 6.58. The maximum Gasteiger partial charge on any atom is 0.0571 e. The molecule has 1 saturated carbocycles. The molecule has 2 nitrogen and oxygen atoms in total. The van der Waals surface area contributed by atoms with Crippen LogP contribution in [0.4, 0.5) is 0 Å². The topological polar surface area (TPSA) is 38.9 Å². The summed E-state index contributed by atoms with van der Waals surface area (Å²) in [5, 5.41) is 0.779. The molecule has 1 aliphatic rings. The third kappa shape index (κ3) is 3.72. The number of hydrogen-bond acceptors (Lipinski definition) is 3. The van der Waals surface area contributed by atoms with E-state index in [2.05, 4.69) is 31.0 Å². The van der Waals surface area contributed by atoms with Gasteiger partial charge in [-0.05, 0) is 37.3 Å². The zero-order valence-corrected chi connectivity index (χ0v) is 12.2. The summed E-state index contributed by atoms with van der Waals surface area (Å²) < 4.78 is 0. The molecule has 3 heteroatoms. The fraction of sp³-hybridized carbons (Fsp3) is 0.667. The first kappa shape index (κ1) is 13.9. The molecule has 18 heavy (non-hydrogen) atoms. The van der Waals surface area contributed by atoms with Crippen LogP contribution in [0.25, 0.3) is 0 Å². The number of aromatic nitrogens is 1. The van der Waals surface area contributed by atoms with Crippen LogP contribution in [0.1, 0.15) is 57.7 Å². The van der Waals surface area contributed by atoms with Crippen molar-refractivity contribution in [3.05, 3.63) is 24.0 Å². The lowest BCUT2D eigenvalue weighted by atomic mass is 9.91. The molecule has 0 amide bonds. The Morgan fingerprint density at radius 3 is 2.89 bits per heavy atom. The van der Waals surface area contributed by atoms with Crippen LogP contribution in [0.3, 0.4) is 0 Å². The van der Waals surface area contributed by atoms with E-state index < -0.39 is 0 Å². The number of nitrogens with zero attached hydrogens (tertiary/aromatic N) is 1. The highest BCUT2D eigenvalue weighted by molar-refractivity contribution is 8.00. The zero-order chi connectivity index (χ0) is 13.0. The quantitative estimate of drug-likeness (QED) is 0.887. The van der Waals surface area contributed by atoms with E-state index in [9.17, 15) is 0 Å². The zero-order valence-electron chi connectivity index (χ0n) is 11.4. The van der Waals surface area contributed by atoms with Gasteiger partial charge in [0.25, 0.3) is 0 Å². The van der Waals surface area contributed by atoms with E-state index in [1.807, 2.05) is 18.0 Å². The second-order valence-electron chi connectivity index (χ2n) is 5.45. The Bertz CT molecular complexity index is 363. The van der Waals surface area contributed by atoms with Crippen LogP contribution in [0.2, 0.25) is 0 Å². The summed E-state index contributed by atoms with van der Waals surface area (Å²) in [6.07, 6.45) is 8.42. The van der Waals surface area contributed by atoms with Crippen molar-refractivity contribution in [3.8, 4) is 0 Å². The van der Waals surface area contributed by atoms with Crippen molar-refractivity contribution in [2.45, 2.75) is 62.1 Å². The Balaban J connectivity index is 1.93. The van der Waals surface area contributed by atoms with Crippen LogP contribution in [-0.2, 0) is 0 Å². The molecule has 0 saturated heterocycles. The van der Waals surface area contributed by atoms with Crippen LogP contribution < -0.4 is 5.73 Å². The lowest BCUT2D eigenvalue weighted by Gasteiger charge is -2.26. The SMILES string of the molecule is CC[C@H](N)c1ccc(SC2CCCC(C)C2)cn1. The highest BCUT2D eigenvalue weighted by atomic mass is 32.2. The number of pyridine rings is 1. The fourth-order valence-electron chi connectivity index (χ4n) is 2.57. The molecule has 2 N–H and O–H groups in total. The van der Waals surface area contributed by atoms with Gasteiger partial charge in [0.05, 0.1) is 5.69 Å². The molecular formula is C15H24N2S. The van der Waals surface area contributed by atoms with Gasteiger partial charge >= 0.3 is 0 Å². The van der Waals surface area contributed by atoms with E-state index in [1.165, 1.54) is 30.6 Å². The van der Waals surface area contributed by atoms with Gasteiger partial charge in [-0.1, -0.05) is 26.7 Å². The van der Waals surface area contributed by atoms with Crippen LogP contribution in [-0.4, -0.2) is 10.2 Å². The monoisotopic (exact) mass is 264 g/mol. The standard InChI is InChI=1S/C15H24N2S/c1-3-14(16)15-8-7-13(10-17-15)18-12-6-4-5-11(2)9-12/h7-8,10-12,14H,3-6,9,16H2,1-2H3/t11?,12?,14-/m0/s1.